The van der Waals surface area contributed by atoms with E-state index in [-0.39, 0.29) is 18.4 Å². The van der Waals surface area contributed by atoms with Gasteiger partial charge in [0, 0.05) is 17.8 Å². The summed E-state index contributed by atoms with van der Waals surface area (Å²) < 4.78 is 5.22. The van der Waals surface area contributed by atoms with Gasteiger partial charge < -0.3 is 4.74 Å². The van der Waals surface area contributed by atoms with Crippen molar-refractivity contribution in [3.8, 4) is 0 Å². The molecule has 0 atom stereocenters. The Morgan fingerprint density at radius 3 is 2.33 bits per heavy atom. The molecule has 1 N–H and O–H groups in total. The Bertz CT molecular complexity index is 879. The van der Waals surface area contributed by atoms with Crippen LogP contribution in [0.2, 0.25) is 0 Å². The van der Waals surface area contributed by atoms with Gasteiger partial charge in [-0.3, -0.25) is 19.8 Å². The Kier molecular flexibility index (Phi) is 5.01. The topological polar surface area (TPSA) is 88.6 Å². The summed E-state index contributed by atoms with van der Waals surface area (Å²) in [6.07, 6.45) is -0.146. The molecule has 0 saturated heterocycles. The SMILES string of the molecule is Cc1sc(NC(=O)OC(C)(C)C)nc1CCN1C(=O)c2ccccc2C1=O. The maximum absolute atomic E-state index is 12.4. The highest BCUT2D eigenvalue weighted by Gasteiger charge is 2.34. The van der Waals surface area contributed by atoms with Crippen molar-refractivity contribution in [3.63, 3.8) is 0 Å². The van der Waals surface area contributed by atoms with Crippen molar-refractivity contribution in [2.24, 2.45) is 0 Å². The number of aryl methyl sites for hydroxylation is 1. The summed E-state index contributed by atoms with van der Waals surface area (Å²) in [7, 11) is 0. The molecule has 3 amide bonds. The van der Waals surface area contributed by atoms with Gasteiger partial charge in [-0.05, 0) is 39.8 Å². The van der Waals surface area contributed by atoms with Crippen LogP contribution in [0.25, 0.3) is 0 Å². The predicted octanol–water partition coefficient (Wildman–Crippen LogP) is 3.64. The fourth-order valence-corrected chi connectivity index (χ4v) is 3.61. The van der Waals surface area contributed by atoms with Crippen LogP contribution in [-0.4, -0.2) is 39.9 Å². The van der Waals surface area contributed by atoms with Gasteiger partial charge in [0.05, 0.1) is 16.8 Å². The van der Waals surface area contributed by atoms with Crippen molar-refractivity contribution in [1.82, 2.24) is 9.88 Å². The van der Waals surface area contributed by atoms with E-state index in [0.29, 0.717) is 22.7 Å². The van der Waals surface area contributed by atoms with Gasteiger partial charge in [-0.2, -0.15) is 0 Å². The summed E-state index contributed by atoms with van der Waals surface area (Å²) >= 11 is 1.33. The number of imide groups is 1. The molecule has 142 valence electrons. The second-order valence-corrected chi connectivity index (χ2v) is 8.41. The van der Waals surface area contributed by atoms with Crippen molar-refractivity contribution < 1.29 is 19.1 Å². The van der Waals surface area contributed by atoms with Crippen LogP contribution < -0.4 is 5.32 Å². The molecule has 0 radical (unpaired) electrons. The van der Waals surface area contributed by atoms with Crippen LogP contribution >= 0.6 is 11.3 Å². The Labute approximate surface area is 161 Å². The second-order valence-electron chi connectivity index (χ2n) is 7.21. The summed E-state index contributed by atoms with van der Waals surface area (Å²) in [6, 6.07) is 6.80. The lowest BCUT2D eigenvalue weighted by Gasteiger charge is -2.18. The van der Waals surface area contributed by atoms with Crippen LogP contribution in [0.5, 0.6) is 0 Å². The lowest BCUT2D eigenvalue weighted by atomic mass is 10.1. The van der Waals surface area contributed by atoms with Crippen molar-refractivity contribution in [2.75, 3.05) is 11.9 Å². The molecule has 0 saturated carbocycles. The number of hydrogen-bond donors (Lipinski definition) is 1. The molecule has 0 spiro atoms. The van der Waals surface area contributed by atoms with E-state index in [4.69, 9.17) is 4.74 Å². The monoisotopic (exact) mass is 387 g/mol. The molecule has 2 aromatic rings. The number of anilines is 1. The van der Waals surface area contributed by atoms with Crippen molar-refractivity contribution >= 4 is 34.4 Å². The fourth-order valence-electron chi connectivity index (χ4n) is 2.76. The highest BCUT2D eigenvalue weighted by molar-refractivity contribution is 7.15. The van der Waals surface area contributed by atoms with E-state index in [1.165, 1.54) is 16.2 Å². The zero-order chi connectivity index (χ0) is 19.8. The Morgan fingerprint density at radius 2 is 1.78 bits per heavy atom. The molecule has 2 heterocycles. The number of thiazole rings is 1. The Hall–Kier alpha value is -2.74. The van der Waals surface area contributed by atoms with Gasteiger partial charge in [0.15, 0.2) is 5.13 Å². The van der Waals surface area contributed by atoms with Crippen molar-refractivity contribution in [2.45, 2.75) is 39.7 Å². The van der Waals surface area contributed by atoms with Gasteiger partial charge in [-0.25, -0.2) is 9.78 Å². The first-order valence-electron chi connectivity index (χ1n) is 8.57. The van der Waals surface area contributed by atoms with Crippen LogP contribution in [0, 0.1) is 6.92 Å². The number of hydrogen-bond acceptors (Lipinski definition) is 6. The number of carbonyl (C=O) groups excluding carboxylic acids is 3. The molecular formula is C19H21N3O4S. The van der Waals surface area contributed by atoms with E-state index in [2.05, 4.69) is 10.3 Å². The van der Waals surface area contributed by atoms with Crippen LogP contribution in [0.3, 0.4) is 0 Å². The molecule has 0 bridgehead atoms. The maximum atomic E-state index is 12.4. The Balaban J connectivity index is 1.64. The third kappa shape index (κ3) is 4.16. The van der Waals surface area contributed by atoms with E-state index in [1.54, 1.807) is 45.0 Å². The zero-order valence-electron chi connectivity index (χ0n) is 15.7. The second kappa shape index (κ2) is 7.11. The zero-order valence-corrected chi connectivity index (χ0v) is 16.5. The molecule has 1 aliphatic rings. The minimum absolute atomic E-state index is 0.239. The molecular weight excluding hydrogens is 366 g/mol. The van der Waals surface area contributed by atoms with Crippen molar-refractivity contribution in [3.05, 3.63) is 46.0 Å². The third-order valence-electron chi connectivity index (χ3n) is 3.95. The van der Waals surface area contributed by atoms with Crippen molar-refractivity contribution in [1.29, 1.82) is 0 Å². The summed E-state index contributed by atoms with van der Waals surface area (Å²) in [5.41, 5.74) is 1.02. The first kappa shape index (κ1) is 19.0. The molecule has 0 unspecified atom stereocenters. The number of carbonyl (C=O) groups is 3. The van der Waals surface area contributed by atoms with Crippen LogP contribution in [0.1, 0.15) is 52.1 Å². The number of rotatable bonds is 4. The molecule has 1 aromatic heterocycles. The largest absolute Gasteiger partial charge is 0.444 e. The highest BCUT2D eigenvalue weighted by Crippen LogP contribution is 2.26. The number of nitrogens with one attached hydrogen (secondary N) is 1. The molecule has 8 heteroatoms. The molecule has 1 aliphatic heterocycles. The van der Waals surface area contributed by atoms with E-state index >= 15 is 0 Å². The molecule has 0 aliphatic carbocycles. The number of fused-ring (bicyclic) bond motifs is 1. The van der Waals surface area contributed by atoms with E-state index < -0.39 is 11.7 Å². The lowest BCUT2D eigenvalue weighted by Crippen LogP contribution is -2.31. The molecule has 1 aromatic carbocycles. The quantitative estimate of drug-likeness (QED) is 0.809. The molecule has 0 fully saturated rings. The molecule has 3 rings (SSSR count). The molecule has 7 nitrogen and oxygen atoms in total. The average Bonchev–Trinajstić information content (AvgIpc) is 3.02. The Morgan fingerprint density at radius 1 is 1.19 bits per heavy atom. The summed E-state index contributed by atoms with van der Waals surface area (Å²) in [6.45, 7) is 7.48. The maximum Gasteiger partial charge on any atom is 0.413 e. The molecule has 27 heavy (non-hydrogen) atoms. The normalized spacial score (nSPS) is 13.7. The number of nitrogens with zero attached hydrogens (tertiary/aromatic N) is 2. The summed E-state index contributed by atoms with van der Waals surface area (Å²) in [4.78, 5) is 43.2. The van der Waals surface area contributed by atoms with E-state index in [1.807, 2.05) is 6.92 Å². The average molecular weight is 387 g/mol. The number of benzene rings is 1. The summed E-state index contributed by atoms with van der Waals surface area (Å²) in [5.74, 6) is -0.564. The van der Waals surface area contributed by atoms with Gasteiger partial charge in [0.25, 0.3) is 11.8 Å². The number of ether oxygens (including phenoxy) is 1. The van der Waals surface area contributed by atoms with Gasteiger partial charge in [0.2, 0.25) is 0 Å². The summed E-state index contributed by atoms with van der Waals surface area (Å²) in [5, 5.41) is 3.05. The third-order valence-corrected chi connectivity index (χ3v) is 4.88. The van der Waals surface area contributed by atoms with Gasteiger partial charge in [-0.15, -0.1) is 11.3 Å². The lowest BCUT2D eigenvalue weighted by molar-refractivity contribution is 0.0630. The standard InChI is InChI=1S/C19H21N3O4S/c1-11-14(20-17(27-11)21-18(25)26-19(2,3)4)9-10-22-15(23)12-7-5-6-8-13(12)16(22)24/h5-8H,9-10H2,1-4H3,(H,20,21,25). The van der Waals surface area contributed by atoms with Gasteiger partial charge in [0.1, 0.15) is 5.60 Å². The first-order valence-corrected chi connectivity index (χ1v) is 9.39. The van der Waals surface area contributed by atoms with E-state index in [9.17, 15) is 14.4 Å². The van der Waals surface area contributed by atoms with Crippen LogP contribution in [0.15, 0.2) is 24.3 Å². The minimum atomic E-state index is -0.593. The predicted molar refractivity (Wildman–Crippen MR) is 102 cm³/mol. The minimum Gasteiger partial charge on any atom is -0.444 e. The number of aromatic nitrogens is 1. The van der Waals surface area contributed by atoms with Crippen LogP contribution in [-0.2, 0) is 11.2 Å². The van der Waals surface area contributed by atoms with Crippen LogP contribution in [0.4, 0.5) is 9.93 Å². The van der Waals surface area contributed by atoms with Gasteiger partial charge >= 0.3 is 6.09 Å². The van der Waals surface area contributed by atoms with Gasteiger partial charge in [-0.1, -0.05) is 12.1 Å². The smallest absolute Gasteiger partial charge is 0.413 e. The fraction of sp³-hybridized carbons (Fsp3) is 0.368. The highest BCUT2D eigenvalue weighted by atomic mass is 32.1. The first-order chi connectivity index (χ1) is 12.7. The van der Waals surface area contributed by atoms with E-state index in [0.717, 1.165) is 10.6 Å². The number of amides is 3.